The van der Waals surface area contributed by atoms with Crippen LogP contribution in [-0.4, -0.2) is 21.9 Å². The van der Waals surface area contributed by atoms with Crippen molar-refractivity contribution < 1.29 is 4.58 Å². The predicted molar refractivity (Wildman–Crippen MR) is 133 cm³/mol. The number of aryl methyl sites for hydroxylation is 1. The first kappa shape index (κ1) is 19.8. The Balaban J connectivity index is 1.70. The molecule has 2 nitrogen and oxygen atoms in total. The fourth-order valence-corrected chi connectivity index (χ4v) is 5.18. The second-order valence-electron chi connectivity index (χ2n) is 8.77. The molecular weight excluding hydrogens is 400 g/mol. The van der Waals surface area contributed by atoms with E-state index in [1.54, 1.807) is 0 Å². The summed E-state index contributed by atoms with van der Waals surface area (Å²) in [7, 11) is 4.28. The van der Waals surface area contributed by atoms with E-state index in [2.05, 4.69) is 116 Å². The Hall–Kier alpha value is -3.10. The molecule has 3 aromatic carbocycles. The third-order valence-corrected chi connectivity index (χ3v) is 6.83. The molecule has 5 rings (SSSR count). The van der Waals surface area contributed by atoms with Crippen molar-refractivity contribution in [2.75, 3.05) is 7.05 Å². The average Bonchev–Trinajstić information content (AvgIpc) is 3.15. The van der Waals surface area contributed by atoms with Gasteiger partial charge in [0.15, 0.2) is 5.71 Å². The highest BCUT2D eigenvalue weighted by atomic mass is 35.5. The van der Waals surface area contributed by atoms with Gasteiger partial charge in [-0.25, -0.2) is 0 Å². The lowest BCUT2D eigenvalue weighted by molar-refractivity contribution is -0.401. The first-order valence-electron chi connectivity index (χ1n) is 10.6. The molecule has 0 radical (unpaired) electrons. The van der Waals surface area contributed by atoms with Crippen LogP contribution in [0.15, 0.2) is 78.9 Å². The molecule has 0 bridgehead atoms. The summed E-state index contributed by atoms with van der Waals surface area (Å²) in [5, 5.41) is 2.03. The van der Waals surface area contributed by atoms with E-state index in [0.29, 0.717) is 0 Å². The fourth-order valence-electron chi connectivity index (χ4n) is 5.02. The summed E-state index contributed by atoms with van der Waals surface area (Å²) in [6.07, 6.45) is 4.56. The second-order valence-corrected chi connectivity index (χ2v) is 9.20. The molecule has 0 N–H and O–H groups in total. The number of aromatic nitrogens is 1. The van der Waals surface area contributed by atoms with Gasteiger partial charge in [-0.3, -0.25) is 0 Å². The summed E-state index contributed by atoms with van der Waals surface area (Å²) in [6, 6.07) is 25.5. The van der Waals surface area contributed by atoms with Crippen LogP contribution in [0.2, 0.25) is 5.02 Å². The van der Waals surface area contributed by atoms with Crippen LogP contribution in [0.1, 0.15) is 25.0 Å². The molecule has 1 aliphatic rings. The van der Waals surface area contributed by atoms with Crippen molar-refractivity contribution in [1.82, 2.24) is 4.57 Å². The zero-order chi connectivity index (χ0) is 21.8. The highest BCUT2D eigenvalue weighted by Gasteiger charge is 2.42. The first-order chi connectivity index (χ1) is 14.9. The number of benzene rings is 3. The summed E-state index contributed by atoms with van der Waals surface area (Å²) in [4.78, 5) is 0. The number of para-hydroxylation sites is 1. The van der Waals surface area contributed by atoms with E-state index in [0.717, 1.165) is 5.02 Å². The number of rotatable bonds is 3. The molecule has 4 aromatic rings. The molecule has 2 heterocycles. The van der Waals surface area contributed by atoms with Gasteiger partial charge in [0, 0.05) is 46.2 Å². The van der Waals surface area contributed by atoms with Gasteiger partial charge >= 0.3 is 0 Å². The predicted octanol–water partition coefficient (Wildman–Crippen LogP) is 7.22. The highest BCUT2D eigenvalue weighted by molar-refractivity contribution is 6.31. The van der Waals surface area contributed by atoms with E-state index in [1.165, 1.54) is 44.7 Å². The van der Waals surface area contributed by atoms with Crippen molar-refractivity contribution >= 4 is 40.0 Å². The lowest BCUT2D eigenvalue weighted by atomic mass is 9.81. The van der Waals surface area contributed by atoms with Crippen molar-refractivity contribution in [2.45, 2.75) is 19.3 Å². The van der Waals surface area contributed by atoms with Crippen LogP contribution >= 0.6 is 11.6 Å². The standard InChI is InChI=1S/C28H26ClN2/c1-28(2)23-16-14-20(29)18-25(23)30(3)26(28)17-15-22-21-12-8-9-13-24(21)31(4)27(22)19-10-6-5-7-11-19/h5-18H,1-4H3/q+1. The van der Waals surface area contributed by atoms with Crippen LogP contribution in [0.5, 0.6) is 0 Å². The summed E-state index contributed by atoms with van der Waals surface area (Å²) in [5.74, 6) is 0. The van der Waals surface area contributed by atoms with Crippen LogP contribution < -0.4 is 0 Å². The Bertz CT molecular complexity index is 1370. The number of fused-ring (bicyclic) bond motifs is 2. The highest BCUT2D eigenvalue weighted by Crippen LogP contribution is 2.41. The maximum Gasteiger partial charge on any atom is 0.211 e. The number of hydrogen-bond acceptors (Lipinski definition) is 0. The summed E-state index contributed by atoms with van der Waals surface area (Å²) in [6.45, 7) is 4.56. The Labute approximate surface area is 188 Å². The molecule has 0 saturated carbocycles. The monoisotopic (exact) mass is 425 g/mol. The van der Waals surface area contributed by atoms with Gasteiger partial charge in [0.2, 0.25) is 5.69 Å². The molecule has 3 heteroatoms. The third kappa shape index (κ3) is 3.05. The Morgan fingerprint density at radius 3 is 2.39 bits per heavy atom. The lowest BCUT2D eigenvalue weighted by Gasteiger charge is -2.15. The lowest BCUT2D eigenvalue weighted by Crippen LogP contribution is -2.26. The molecular formula is C28H26ClN2+. The maximum atomic E-state index is 6.30. The Kier molecular flexibility index (Phi) is 4.64. The molecule has 1 aliphatic heterocycles. The van der Waals surface area contributed by atoms with Gasteiger partial charge in [0.1, 0.15) is 7.05 Å². The number of nitrogens with zero attached hydrogens (tertiary/aromatic N) is 2. The molecule has 0 spiro atoms. The van der Waals surface area contributed by atoms with Gasteiger partial charge in [-0.05, 0) is 43.7 Å². The van der Waals surface area contributed by atoms with Gasteiger partial charge in [-0.15, -0.1) is 0 Å². The maximum absolute atomic E-state index is 6.30. The van der Waals surface area contributed by atoms with Crippen molar-refractivity contribution in [3.63, 3.8) is 0 Å². The van der Waals surface area contributed by atoms with Crippen molar-refractivity contribution in [2.24, 2.45) is 7.05 Å². The number of halogens is 1. The van der Waals surface area contributed by atoms with Gasteiger partial charge in [-0.1, -0.05) is 60.1 Å². The van der Waals surface area contributed by atoms with E-state index in [1.807, 2.05) is 6.07 Å². The molecule has 0 fully saturated rings. The summed E-state index contributed by atoms with van der Waals surface area (Å²) >= 11 is 6.30. The van der Waals surface area contributed by atoms with Crippen LogP contribution in [0.25, 0.3) is 28.2 Å². The van der Waals surface area contributed by atoms with Crippen LogP contribution in [-0.2, 0) is 12.5 Å². The Morgan fingerprint density at radius 2 is 1.61 bits per heavy atom. The van der Waals surface area contributed by atoms with E-state index in [9.17, 15) is 0 Å². The van der Waals surface area contributed by atoms with Gasteiger partial charge < -0.3 is 4.57 Å². The zero-order valence-electron chi connectivity index (χ0n) is 18.4. The minimum atomic E-state index is -0.0946. The molecule has 1 aromatic heterocycles. The molecule has 0 saturated heterocycles. The van der Waals surface area contributed by atoms with Crippen LogP contribution in [0.4, 0.5) is 5.69 Å². The van der Waals surface area contributed by atoms with Crippen LogP contribution in [0, 0.1) is 0 Å². The molecule has 0 aliphatic carbocycles. The van der Waals surface area contributed by atoms with E-state index >= 15 is 0 Å². The van der Waals surface area contributed by atoms with Crippen molar-refractivity contribution in [3.05, 3.63) is 95.0 Å². The molecule has 0 atom stereocenters. The van der Waals surface area contributed by atoms with Crippen molar-refractivity contribution in [1.29, 1.82) is 0 Å². The zero-order valence-corrected chi connectivity index (χ0v) is 19.1. The second kappa shape index (κ2) is 7.25. The fraction of sp³-hybridized carbons (Fsp3) is 0.179. The van der Waals surface area contributed by atoms with E-state index in [4.69, 9.17) is 11.6 Å². The minimum absolute atomic E-state index is 0.0946. The van der Waals surface area contributed by atoms with E-state index < -0.39 is 0 Å². The number of allylic oxidation sites excluding steroid dienone is 1. The Morgan fingerprint density at radius 1 is 0.903 bits per heavy atom. The third-order valence-electron chi connectivity index (χ3n) is 6.60. The molecule has 31 heavy (non-hydrogen) atoms. The quantitative estimate of drug-likeness (QED) is 0.306. The average molecular weight is 426 g/mol. The van der Waals surface area contributed by atoms with Gasteiger partial charge in [0.05, 0.1) is 11.1 Å². The topological polar surface area (TPSA) is 7.94 Å². The van der Waals surface area contributed by atoms with Crippen LogP contribution in [0.3, 0.4) is 0 Å². The smallest absolute Gasteiger partial charge is 0.211 e. The number of hydrogen-bond donors (Lipinski definition) is 0. The summed E-state index contributed by atoms with van der Waals surface area (Å²) < 4.78 is 4.57. The molecule has 0 unspecified atom stereocenters. The van der Waals surface area contributed by atoms with E-state index in [-0.39, 0.29) is 5.41 Å². The minimum Gasteiger partial charge on any atom is -0.343 e. The largest absolute Gasteiger partial charge is 0.343 e. The normalized spacial score (nSPS) is 15.3. The molecule has 154 valence electrons. The van der Waals surface area contributed by atoms with Gasteiger partial charge in [-0.2, -0.15) is 4.58 Å². The van der Waals surface area contributed by atoms with Crippen molar-refractivity contribution in [3.8, 4) is 11.3 Å². The molecule has 0 amide bonds. The first-order valence-corrected chi connectivity index (χ1v) is 11.0. The summed E-state index contributed by atoms with van der Waals surface area (Å²) in [5.41, 5.74) is 8.59. The van der Waals surface area contributed by atoms with Gasteiger partial charge in [0.25, 0.3) is 0 Å². The SMILES string of the molecule is Cn1c(-c2ccccc2)c(C=CC2=[N+](C)c3cc(Cl)ccc3C2(C)C)c2ccccc21.